The lowest BCUT2D eigenvalue weighted by Crippen LogP contribution is -2.33. The van der Waals surface area contributed by atoms with Crippen molar-refractivity contribution in [3.63, 3.8) is 0 Å². The Morgan fingerprint density at radius 1 is 1.43 bits per heavy atom. The van der Waals surface area contributed by atoms with Crippen LogP contribution in [0, 0.1) is 0 Å². The molecule has 1 aliphatic rings. The first-order valence-electron chi connectivity index (χ1n) is 7.31. The first-order valence-corrected chi connectivity index (χ1v) is 7.69. The largest absolute Gasteiger partial charge is 0.495 e. The minimum atomic E-state index is 0.486. The molecule has 4 nitrogen and oxygen atoms in total. The van der Waals surface area contributed by atoms with Crippen LogP contribution in [0.25, 0.3) is 0 Å². The Labute approximate surface area is 130 Å². The zero-order valence-corrected chi connectivity index (χ0v) is 12.9. The van der Waals surface area contributed by atoms with E-state index in [1.54, 1.807) is 7.11 Å². The van der Waals surface area contributed by atoms with E-state index in [9.17, 15) is 0 Å². The van der Waals surface area contributed by atoms with Crippen molar-refractivity contribution in [1.29, 1.82) is 0 Å². The lowest BCUT2D eigenvalue weighted by molar-refractivity contribution is 0.390. The molecule has 112 valence electrons. The lowest BCUT2D eigenvalue weighted by Gasteiger charge is -2.22. The van der Waals surface area contributed by atoms with Gasteiger partial charge in [0.25, 0.3) is 0 Å². The maximum Gasteiger partial charge on any atom is 0.137 e. The van der Waals surface area contributed by atoms with Gasteiger partial charge in [-0.25, -0.2) is 4.98 Å². The van der Waals surface area contributed by atoms with Gasteiger partial charge in [0, 0.05) is 31.0 Å². The molecule has 1 fully saturated rings. The van der Waals surface area contributed by atoms with Gasteiger partial charge in [-0.2, -0.15) is 0 Å². The van der Waals surface area contributed by atoms with E-state index in [-0.39, 0.29) is 0 Å². The lowest BCUT2D eigenvalue weighted by atomic mass is 10.1. The Balaban J connectivity index is 1.63. The monoisotopic (exact) mass is 305 g/mol. The SMILES string of the molecule is COc1ccc(CNC2CCCC2n2ccnc2)cc1Cl. The van der Waals surface area contributed by atoms with Crippen molar-refractivity contribution in [2.45, 2.75) is 37.9 Å². The van der Waals surface area contributed by atoms with Crippen LogP contribution in [0.5, 0.6) is 5.75 Å². The molecule has 1 N–H and O–H groups in total. The van der Waals surface area contributed by atoms with Crippen molar-refractivity contribution in [1.82, 2.24) is 14.9 Å². The van der Waals surface area contributed by atoms with Crippen LogP contribution >= 0.6 is 11.6 Å². The number of nitrogens with zero attached hydrogens (tertiary/aromatic N) is 2. The second-order valence-corrected chi connectivity index (χ2v) is 5.87. The van der Waals surface area contributed by atoms with Crippen LogP contribution in [0.3, 0.4) is 0 Å². The van der Waals surface area contributed by atoms with Crippen LogP contribution in [0.1, 0.15) is 30.9 Å². The maximum absolute atomic E-state index is 6.17. The second-order valence-electron chi connectivity index (χ2n) is 5.46. The summed E-state index contributed by atoms with van der Waals surface area (Å²) in [5, 5.41) is 4.31. The maximum atomic E-state index is 6.17. The molecule has 0 bridgehead atoms. The molecule has 0 spiro atoms. The summed E-state index contributed by atoms with van der Waals surface area (Å²) in [6, 6.07) is 6.93. The molecule has 2 atom stereocenters. The topological polar surface area (TPSA) is 39.1 Å². The molecule has 2 unspecified atom stereocenters. The van der Waals surface area contributed by atoms with E-state index in [4.69, 9.17) is 16.3 Å². The van der Waals surface area contributed by atoms with Crippen LogP contribution in [0.15, 0.2) is 36.9 Å². The zero-order valence-electron chi connectivity index (χ0n) is 12.1. The number of hydrogen-bond donors (Lipinski definition) is 1. The number of aromatic nitrogens is 2. The van der Waals surface area contributed by atoms with Crippen molar-refractivity contribution < 1.29 is 4.74 Å². The molecule has 0 radical (unpaired) electrons. The Hall–Kier alpha value is -1.52. The summed E-state index contributed by atoms with van der Waals surface area (Å²) in [7, 11) is 1.63. The molecule has 5 heteroatoms. The van der Waals surface area contributed by atoms with E-state index in [1.807, 2.05) is 24.7 Å². The fourth-order valence-electron chi connectivity index (χ4n) is 3.07. The molecule has 1 saturated carbocycles. The summed E-state index contributed by atoms with van der Waals surface area (Å²) in [6.45, 7) is 0.819. The third-order valence-electron chi connectivity index (χ3n) is 4.17. The first kappa shape index (κ1) is 14.4. The fraction of sp³-hybridized carbons (Fsp3) is 0.438. The number of halogens is 1. The number of hydrogen-bond acceptors (Lipinski definition) is 3. The molecule has 1 aromatic heterocycles. The minimum Gasteiger partial charge on any atom is -0.495 e. The summed E-state index contributed by atoms with van der Waals surface area (Å²) in [5.74, 6) is 0.720. The van der Waals surface area contributed by atoms with E-state index in [0.717, 1.165) is 12.3 Å². The van der Waals surface area contributed by atoms with E-state index >= 15 is 0 Å². The second kappa shape index (κ2) is 6.50. The van der Waals surface area contributed by atoms with Crippen LogP contribution < -0.4 is 10.1 Å². The Morgan fingerprint density at radius 3 is 3.05 bits per heavy atom. The van der Waals surface area contributed by atoms with E-state index in [2.05, 4.69) is 27.1 Å². The van der Waals surface area contributed by atoms with Gasteiger partial charge in [0.1, 0.15) is 5.75 Å². The predicted molar refractivity (Wildman–Crippen MR) is 83.7 cm³/mol. The first-order chi connectivity index (χ1) is 10.3. The highest BCUT2D eigenvalue weighted by molar-refractivity contribution is 6.32. The van der Waals surface area contributed by atoms with E-state index in [0.29, 0.717) is 17.1 Å². The zero-order chi connectivity index (χ0) is 14.7. The quantitative estimate of drug-likeness (QED) is 0.920. The summed E-state index contributed by atoms with van der Waals surface area (Å²) < 4.78 is 7.40. The van der Waals surface area contributed by atoms with Crippen LogP contribution in [-0.4, -0.2) is 22.7 Å². The Bertz CT molecular complexity index is 585. The third kappa shape index (κ3) is 3.22. The van der Waals surface area contributed by atoms with Gasteiger partial charge in [-0.05, 0) is 37.0 Å². The normalized spacial score (nSPS) is 21.6. The van der Waals surface area contributed by atoms with Crippen molar-refractivity contribution in [3.05, 3.63) is 47.5 Å². The molecule has 2 aromatic rings. The third-order valence-corrected chi connectivity index (χ3v) is 4.47. The number of methoxy groups -OCH3 is 1. The average Bonchev–Trinajstić information content (AvgIpc) is 3.16. The number of benzene rings is 1. The van der Waals surface area contributed by atoms with Gasteiger partial charge < -0.3 is 14.6 Å². The molecule has 1 heterocycles. The van der Waals surface area contributed by atoms with Crippen molar-refractivity contribution in [2.24, 2.45) is 0 Å². The molecule has 0 aliphatic heterocycles. The van der Waals surface area contributed by atoms with Crippen LogP contribution in [0.4, 0.5) is 0 Å². The molecule has 0 saturated heterocycles. The van der Waals surface area contributed by atoms with Gasteiger partial charge in [0.15, 0.2) is 0 Å². The minimum absolute atomic E-state index is 0.486. The smallest absolute Gasteiger partial charge is 0.137 e. The van der Waals surface area contributed by atoms with Gasteiger partial charge >= 0.3 is 0 Å². The highest BCUT2D eigenvalue weighted by atomic mass is 35.5. The number of imidazole rings is 1. The van der Waals surface area contributed by atoms with Gasteiger partial charge in [-0.15, -0.1) is 0 Å². The summed E-state index contributed by atoms with van der Waals surface area (Å²) in [6.07, 6.45) is 9.47. The summed E-state index contributed by atoms with van der Waals surface area (Å²) in [4.78, 5) is 4.15. The average molecular weight is 306 g/mol. The van der Waals surface area contributed by atoms with Crippen LogP contribution in [-0.2, 0) is 6.54 Å². The summed E-state index contributed by atoms with van der Waals surface area (Å²) in [5.41, 5.74) is 1.18. The van der Waals surface area contributed by atoms with E-state index < -0.39 is 0 Å². The van der Waals surface area contributed by atoms with Crippen LogP contribution in [0.2, 0.25) is 5.02 Å². The molecular formula is C16H20ClN3O. The standard InChI is InChI=1S/C16H20ClN3O/c1-21-16-6-5-12(9-13(16)17)10-19-14-3-2-4-15(14)20-8-7-18-11-20/h5-9,11,14-15,19H,2-4,10H2,1H3. The fourth-order valence-corrected chi connectivity index (χ4v) is 3.35. The molecule has 1 aliphatic carbocycles. The van der Waals surface area contributed by atoms with Crippen molar-refractivity contribution >= 4 is 11.6 Å². The Morgan fingerprint density at radius 2 is 2.33 bits per heavy atom. The number of nitrogens with one attached hydrogen (secondary N) is 1. The highest BCUT2D eigenvalue weighted by Gasteiger charge is 2.27. The number of ether oxygens (including phenoxy) is 1. The van der Waals surface area contributed by atoms with Gasteiger partial charge in [0.05, 0.1) is 18.5 Å². The molecule has 21 heavy (non-hydrogen) atoms. The Kier molecular flexibility index (Phi) is 4.46. The van der Waals surface area contributed by atoms with E-state index in [1.165, 1.54) is 24.8 Å². The van der Waals surface area contributed by atoms with Gasteiger partial charge in [-0.3, -0.25) is 0 Å². The van der Waals surface area contributed by atoms with Crippen molar-refractivity contribution in [2.75, 3.05) is 7.11 Å². The molecule has 3 rings (SSSR count). The number of rotatable bonds is 5. The summed E-state index contributed by atoms with van der Waals surface area (Å²) >= 11 is 6.17. The van der Waals surface area contributed by atoms with Crippen molar-refractivity contribution in [3.8, 4) is 5.75 Å². The molecule has 0 amide bonds. The van der Waals surface area contributed by atoms with Gasteiger partial charge in [-0.1, -0.05) is 17.7 Å². The van der Waals surface area contributed by atoms with Gasteiger partial charge in [0.2, 0.25) is 0 Å². The molecular weight excluding hydrogens is 286 g/mol. The highest BCUT2D eigenvalue weighted by Crippen LogP contribution is 2.30. The predicted octanol–water partition coefficient (Wildman–Crippen LogP) is 3.43. The molecule has 1 aromatic carbocycles.